The van der Waals surface area contributed by atoms with Crippen LogP contribution >= 0.6 is 0 Å². The summed E-state index contributed by atoms with van der Waals surface area (Å²) in [6, 6.07) is 9.21. The lowest BCUT2D eigenvalue weighted by atomic mass is 10.1. The van der Waals surface area contributed by atoms with Crippen molar-refractivity contribution in [2.45, 2.75) is 6.42 Å². The molecule has 152 valence electrons. The van der Waals surface area contributed by atoms with Crippen LogP contribution in [0.25, 0.3) is 12.2 Å². The number of nitrogens with one attached hydrogen (secondary N) is 1. The minimum Gasteiger partial charge on any atom is -0.504 e. The lowest BCUT2D eigenvalue weighted by molar-refractivity contribution is -0.121. The van der Waals surface area contributed by atoms with Gasteiger partial charge in [-0.15, -0.1) is 0 Å². The maximum atomic E-state index is 12.0. The highest BCUT2D eigenvalue weighted by molar-refractivity contribution is 6.10. The van der Waals surface area contributed by atoms with Gasteiger partial charge in [-0.25, -0.2) is 5.43 Å². The third kappa shape index (κ3) is 6.80. The van der Waals surface area contributed by atoms with E-state index in [9.17, 15) is 19.8 Å². The molecule has 5 N–H and O–H groups in total. The molecule has 0 amide bonds. The first-order valence-electron chi connectivity index (χ1n) is 8.61. The Kier molecular flexibility index (Phi) is 7.96. The normalized spacial score (nSPS) is 11.1. The molecule has 2 aromatic carbocycles. The van der Waals surface area contributed by atoms with Gasteiger partial charge in [0.25, 0.3) is 0 Å². The average molecular weight is 398 g/mol. The number of carbonyl (C=O) groups excluding carboxylic acids is 2. The number of aromatic hydroxyl groups is 2. The Balaban J connectivity index is 1.95. The van der Waals surface area contributed by atoms with Gasteiger partial charge in [-0.3, -0.25) is 15.4 Å². The van der Waals surface area contributed by atoms with Crippen LogP contribution in [0.2, 0.25) is 0 Å². The monoisotopic (exact) mass is 398 g/mol. The van der Waals surface area contributed by atoms with E-state index in [4.69, 9.17) is 15.3 Å². The Morgan fingerprint density at radius 2 is 1.48 bits per heavy atom. The summed E-state index contributed by atoms with van der Waals surface area (Å²) in [6.45, 7) is 0.00734. The zero-order valence-electron chi connectivity index (χ0n) is 15.8. The zero-order valence-corrected chi connectivity index (χ0v) is 15.8. The van der Waals surface area contributed by atoms with E-state index in [1.807, 2.05) is 0 Å². The van der Waals surface area contributed by atoms with Crippen molar-refractivity contribution in [3.8, 4) is 23.0 Å². The fourth-order valence-corrected chi connectivity index (χ4v) is 2.34. The number of phenols is 2. The van der Waals surface area contributed by atoms with Crippen LogP contribution < -0.4 is 20.7 Å². The summed E-state index contributed by atoms with van der Waals surface area (Å²) < 4.78 is 10.2. The largest absolute Gasteiger partial charge is 0.504 e. The number of benzene rings is 2. The van der Waals surface area contributed by atoms with Crippen molar-refractivity contribution < 1.29 is 29.3 Å². The van der Waals surface area contributed by atoms with Gasteiger partial charge in [0.15, 0.2) is 41.3 Å². The number of hydrazine groups is 1. The van der Waals surface area contributed by atoms with Gasteiger partial charge in [0.1, 0.15) is 0 Å². The molecule has 0 saturated heterocycles. The van der Waals surface area contributed by atoms with Crippen molar-refractivity contribution in [3.05, 3.63) is 59.7 Å². The van der Waals surface area contributed by atoms with Gasteiger partial charge in [-0.1, -0.05) is 24.3 Å². The lowest BCUT2D eigenvalue weighted by Crippen LogP contribution is -2.26. The van der Waals surface area contributed by atoms with Crippen molar-refractivity contribution >= 4 is 23.7 Å². The number of methoxy groups -OCH3 is 1. The summed E-state index contributed by atoms with van der Waals surface area (Å²) in [6.07, 6.45) is 5.35. The van der Waals surface area contributed by atoms with E-state index in [2.05, 4.69) is 5.43 Å². The Morgan fingerprint density at radius 3 is 2.00 bits per heavy atom. The van der Waals surface area contributed by atoms with Crippen LogP contribution in [-0.2, 0) is 9.59 Å². The lowest BCUT2D eigenvalue weighted by Gasteiger charge is -2.07. The molecule has 0 spiro atoms. The van der Waals surface area contributed by atoms with Crippen LogP contribution in [0.3, 0.4) is 0 Å². The van der Waals surface area contributed by atoms with Crippen LogP contribution in [-0.4, -0.2) is 35.6 Å². The molecule has 0 aliphatic rings. The fraction of sp³-hybridized carbons (Fsp3) is 0.143. The molecule has 8 nitrogen and oxygen atoms in total. The van der Waals surface area contributed by atoms with Crippen LogP contribution in [0.4, 0.5) is 0 Å². The topological polar surface area (TPSA) is 131 Å². The van der Waals surface area contributed by atoms with Crippen LogP contribution in [0, 0.1) is 0 Å². The second-order valence-electron chi connectivity index (χ2n) is 5.93. The van der Waals surface area contributed by atoms with Crippen LogP contribution in [0.15, 0.2) is 48.6 Å². The van der Waals surface area contributed by atoms with E-state index in [-0.39, 0.29) is 47.7 Å². The van der Waals surface area contributed by atoms with Gasteiger partial charge in [0.2, 0.25) is 0 Å². The van der Waals surface area contributed by atoms with Crippen LogP contribution in [0.1, 0.15) is 17.5 Å². The molecule has 0 aliphatic carbocycles. The Morgan fingerprint density at radius 1 is 0.966 bits per heavy atom. The highest BCUT2D eigenvalue weighted by Gasteiger charge is 2.06. The molecule has 2 aromatic rings. The molecule has 29 heavy (non-hydrogen) atoms. The highest BCUT2D eigenvalue weighted by atomic mass is 16.5. The molecule has 0 heterocycles. The number of allylic oxidation sites excluding steroid dienone is 2. The average Bonchev–Trinajstić information content (AvgIpc) is 2.71. The Labute approximate surface area is 167 Å². The molecular formula is C21H22N2O6. The van der Waals surface area contributed by atoms with Crippen molar-refractivity contribution in [2.75, 3.05) is 13.8 Å². The molecule has 0 fully saturated rings. The summed E-state index contributed by atoms with van der Waals surface area (Å²) in [7, 11) is 1.43. The maximum Gasteiger partial charge on any atom is 0.163 e. The number of rotatable bonds is 10. The number of ketones is 2. The molecule has 8 heteroatoms. The third-order valence-electron chi connectivity index (χ3n) is 3.77. The minimum atomic E-state index is -0.373. The Hall–Kier alpha value is -3.62. The predicted molar refractivity (Wildman–Crippen MR) is 108 cm³/mol. The smallest absolute Gasteiger partial charge is 0.163 e. The molecular weight excluding hydrogens is 376 g/mol. The van der Waals surface area contributed by atoms with Gasteiger partial charge >= 0.3 is 0 Å². The highest BCUT2D eigenvalue weighted by Crippen LogP contribution is 2.27. The molecule has 0 saturated carbocycles. The molecule has 0 bridgehead atoms. The summed E-state index contributed by atoms with van der Waals surface area (Å²) in [5.41, 5.74) is 3.56. The molecule has 2 rings (SSSR count). The predicted octanol–water partition coefficient (Wildman–Crippen LogP) is 2.16. The second kappa shape index (κ2) is 10.6. The van der Waals surface area contributed by atoms with Gasteiger partial charge in [-0.05, 0) is 47.5 Å². The fourth-order valence-electron chi connectivity index (χ4n) is 2.34. The Bertz CT molecular complexity index is 937. The third-order valence-corrected chi connectivity index (χ3v) is 3.77. The van der Waals surface area contributed by atoms with Gasteiger partial charge < -0.3 is 19.7 Å². The quantitative estimate of drug-likeness (QED) is 0.157. The SMILES string of the molecule is COc1cc(C=CC(=O)CC(=O)C=Cc2ccc(O)c(OCNN)c2)ccc1O. The number of carbonyl (C=O) groups is 2. The summed E-state index contributed by atoms with van der Waals surface area (Å²) in [5, 5.41) is 19.3. The van der Waals surface area contributed by atoms with Gasteiger partial charge in [-0.2, -0.15) is 0 Å². The second-order valence-corrected chi connectivity index (χ2v) is 5.93. The van der Waals surface area contributed by atoms with Crippen molar-refractivity contribution in [1.29, 1.82) is 0 Å². The summed E-state index contributed by atoms with van der Waals surface area (Å²) >= 11 is 0. The van der Waals surface area contributed by atoms with Crippen molar-refractivity contribution in [1.82, 2.24) is 5.43 Å². The van der Waals surface area contributed by atoms with Crippen molar-refractivity contribution in [3.63, 3.8) is 0 Å². The first-order chi connectivity index (χ1) is 13.9. The maximum absolute atomic E-state index is 12.0. The number of phenolic OH excluding ortho intramolecular Hbond substituents is 2. The van der Waals surface area contributed by atoms with Crippen LogP contribution in [0.5, 0.6) is 23.0 Å². The van der Waals surface area contributed by atoms with E-state index in [0.717, 1.165) is 0 Å². The van der Waals surface area contributed by atoms with Gasteiger partial charge in [0, 0.05) is 0 Å². The number of hydrogen-bond donors (Lipinski definition) is 4. The molecule has 0 aromatic heterocycles. The van der Waals surface area contributed by atoms with E-state index in [1.165, 1.54) is 49.6 Å². The first kappa shape index (κ1) is 21.7. The van der Waals surface area contributed by atoms with E-state index < -0.39 is 0 Å². The molecule has 0 aliphatic heterocycles. The van der Waals surface area contributed by atoms with Crippen molar-refractivity contribution in [2.24, 2.45) is 5.84 Å². The zero-order chi connectivity index (χ0) is 21.2. The molecule has 0 radical (unpaired) electrons. The number of hydrogen-bond acceptors (Lipinski definition) is 8. The van der Waals surface area contributed by atoms with E-state index >= 15 is 0 Å². The van der Waals surface area contributed by atoms with Gasteiger partial charge in [0.05, 0.1) is 13.5 Å². The standard InChI is InChI=1S/C21H22N2O6/c1-28-20-10-14(4-8-18(20)26)2-6-16(24)12-17(25)7-3-15-5-9-19(27)21(11-15)29-13-23-22/h2-11,23,26-27H,12-13,22H2,1H3. The summed E-state index contributed by atoms with van der Waals surface area (Å²) in [4.78, 5) is 24.0. The van der Waals surface area contributed by atoms with E-state index in [1.54, 1.807) is 18.2 Å². The number of nitrogens with two attached hydrogens (primary N) is 1. The molecule has 0 atom stereocenters. The van der Waals surface area contributed by atoms with E-state index in [0.29, 0.717) is 11.1 Å². The minimum absolute atomic E-state index is 0.00151. The first-order valence-corrected chi connectivity index (χ1v) is 8.61. The molecule has 0 unspecified atom stereocenters. The summed E-state index contributed by atoms with van der Waals surface area (Å²) in [5.74, 6) is 4.82. The number of ether oxygens (including phenoxy) is 2.